The Hall–Kier alpha value is -1.99. The number of ether oxygens (including phenoxy) is 1. The third-order valence-electron chi connectivity index (χ3n) is 4.92. The van der Waals surface area contributed by atoms with Crippen molar-refractivity contribution in [1.29, 1.82) is 0 Å². The summed E-state index contributed by atoms with van der Waals surface area (Å²) in [5.74, 6) is 0.715. The zero-order valence-electron chi connectivity index (χ0n) is 14.0. The van der Waals surface area contributed by atoms with Gasteiger partial charge in [-0.25, -0.2) is 9.97 Å². The molecular formula is C17H23N5O2. The highest BCUT2D eigenvalue weighted by molar-refractivity contribution is 5.77. The van der Waals surface area contributed by atoms with E-state index < -0.39 is 0 Å². The highest BCUT2D eigenvalue weighted by Gasteiger charge is 2.19. The first kappa shape index (κ1) is 15.5. The highest BCUT2D eigenvalue weighted by Crippen LogP contribution is 2.16. The van der Waals surface area contributed by atoms with Crippen molar-refractivity contribution in [2.45, 2.75) is 25.5 Å². The second kappa shape index (κ2) is 6.49. The van der Waals surface area contributed by atoms with Crippen LogP contribution >= 0.6 is 0 Å². The van der Waals surface area contributed by atoms with Gasteiger partial charge in [0.25, 0.3) is 5.56 Å². The molecule has 7 heteroatoms. The van der Waals surface area contributed by atoms with Crippen LogP contribution in [0.5, 0.6) is 0 Å². The van der Waals surface area contributed by atoms with Crippen LogP contribution in [-0.2, 0) is 11.3 Å². The lowest BCUT2D eigenvalue weighted by atomic mass is 10.2. The maximum atomic E-state index is 12.7. The molecular weight excluding hydrogens is 306 g/mol. The topological polar surface area (TPSA) is 63.5 Å². The Balaban J connectivity index is 1.60. The van der Waals surface area contributed by atoms with Gasteiger partial charge in [-0.05, 0) is 26.0 Å². The van der Waals surface area contributed by atoms with Gasteiger partial charge in [0.15, 0.2) is 0 Å². The van der Waals surface area contributed by atoms with Gasteiger partial charge < -0.3 is 19.1 Å². The second-order valence-corrected chi connectivity index (χ2v) is 6.67. The molecule has 0 saturated carbocycles. The summed E-state index contributed by atoms with van der Waals surface area (Å²) < 4.78 is 7.35. The Kier molecular flexibility index (Phi) is 4.20. The maximum Gasteiger partial charge on any atom is 0.261 e. The molecule has 2 aromatic rings. The Morgan fingerprint density at radius 1 is 1.29 bits per heavy atom. The lowest BCUT2D eigenvalue weighted by Gasteiger charge is -2.32. The molecule has 24 heavy (non-hydrogen) atoms. The van der Waals surface area contributed by atoms with Crippen molar-refractivity contribution < 1.29 is 4.74 Å². The fourth-order valence-electron chi connectivity index (χ4n) is 3.37. The van der Waals surface area contributed by atoms with E-state index in [4.69, 9.17) is 4.74 Å². The predicted molar refractivity (Wildman–Crippen MR) is 92.5 cm³/mol. The molecule has 128 valence electrons. The summed E-state index contributed by atoms with van der Waals surface area (Å²) >= 11 is 0. The van der Waals surface area contributed by atoms with Crippen molar-refractivity contribution >= 4 is 16.9 Å². The Bertz CT molecular complexity index is 776. The number of fused-ring (bicyclic) bond motifs is 1. The molecule has 0 aromatic carbocycles. The average molecular weight is 329 g/mol. The van der Waals surface area contributed by atoms with Crippen LogP contribution in [0.3, 0.4) is 0 Å². The minimum atomic E-state index is -0.0343. The molecule has 2 aliphatic heterocycles. The smallest absolute Gasteiger partial charge is 0.261 e. The SMILES string of the molecule is CN1CCN(c2ncc3c(=O)n(CC4CCCO4)ccc3n2)CC1. The maximum absolute atomic E-state index is 12.7. The molecule has 0 aliphatic carbocycles. The molecule has 4 heterocycles. The molecule has 2 saturated heterocycles. The number of piperazine rings is 1. The predicted octanol–water partition coefficient (Wildman–Crippen LogP) is 0.722. The molecule has 7 nitrogen and oxygen atoms in total. The minimum absolute atomic E-state index is 0.0343. The largest absolute Gasteiger partial charge is 0.376 e. The van der Waals surface area contributed by atoms with Gasteiger partial charge in [-0.15, -0.1) is 0 Å². The summed E-state index contributed by atoms with van der Waals surface area (Å²) in [5, 5.41) is 0.577. The van der Waals surface area contributed by atoms with E-state index in [1.165, 1.54) is 0 Å². The molecule has 1 unspecified atom stereocenters. The van der Waals surface area contributed by atoms with Crippen molar-refractivity contribution in [2.75, 3.05) is 44.7 Å². The highest BCUT2D eigenvalue weighted by atomic mass is 16.5. The van der Waals surface area contributed by atoms with Gasteiger partial charge in [0, 0.05) is 45.2 Å². The van der Waals surface area contributed by atoms with E-state index in [0.29, 0.717) is 23.4 Å². The molecule has 0 amide bonds. The molecule has 0 spiro atoms. The van der Waals surface area contributed by atoms with E-state index in [1.807, 2.05) is 12.3 Å². The number of rotatable bonds is 3. The van der Waals surface area contributed by atoms with E-state index in [9.17, 15) is 4.79 Å². The van der Waals surface area contributed by atoms with E-state index in [1.54, 1.807) is 10.8 Å². The van der Waals surface area contributed by atoms with Gasteiger partial charge in [0.05, 0.1) is 23.6 Å². The molecule has 0 N–H and O–H groups in total. The third kappa shape index (κ3) is 3.01. The molecule has 2 aromatic heterocycles. The summed E-state index contributed by atoms with van der Waals surface area (Å²) in [6.07, 6.45) is 5.73. The van der Waals surface area contributed by atoms with Gasteiger partial charge >= 0.3 is 0 Å². The van der Waals surface area contributed by atoms with E-state index in [-0.39, 0.29) is 11.7 Å². The Morgan fingerprint density at radius 2 is 2.12 bits per heavy atom. The van der Waals surface area contributed by atoms with Gasteiger partial charge in [-0.3, -0.25) is 4.79 Å². The van der Waals surface area contributed by atoms with Crippen molar-refractivity contribution in [3.63, 3.8) is 0 Å². The molecule has 1 atom stereocenters. The van der Waals surface area contributed by atoms with Crippen LogP contribution in [0.25, 0.3) is 10.9 Å². The molecule has 0 radical (unpaired) electrons. The fraction of sp³-hybridized carbons (Fsp3) is 0.588. The number of hydrogen-bond acceptors (Lipinski definition) is 6. The Morgan fingerprint density at radius 3 is 2.88 bits per heavy atom. The monoisotopic (exact) mass is 329 g/mol. The molecule has 0 bridgehead atoms. The summed E-state index contributed by atoms with van der Waals surface area (Å²) in [6.45, 7) is 5.24. The van der Waals surface area contributed by atoms with Gasteiger partial charge in [-0.1, -0.05) is 0 Å². The van der Waals surface area contributed by atoms with E-state index >= 15 is 0 Å². The number of hydrogen-bond donors (Lipinski definition) is 0. The van der Waals surface area contributed by atoms with Crippen molar-refractivity contribution in [3.05, 3.63) is 28.8 Å². The van der Waals surface area contributed by atoms with Gasteiger partial charge in [0.2, 0.25) is 5.95 Å². The van der Waals surface area contributed by atoms with Crippen LogP contribution in [0.1, 0.15) is 12.8 Å². The number of likely N-dealkylation sites (N-methyl/N-ethyl adjacent to an activating group) is 1. The van der Waals surface area contributed by atoms with Crippen LogP contribution in [-0.4, -0.2) is 65.4 Å². The quantitative estimate of drug-likeness (QED) is 0.827. The summed E-state index contributed by atoms with van der Waals surface area (Å²) in [5.41, 5.74) is 0.681. The number of nitrogens with zero attached hydrogens (tertiary/aromatic N) is 5. The van der Waals surface area contributed by atoms with Crippen molar-refractivity contribution in [3.8, 4) is 0 Å². The van der Waals surface area contributed by atoms with E-state index in [0.717, 1.165) is 45.6 Å². The van der Waals surface area contributed by atoms with Gasteiger partial charge in [0.1, 0.15) is 0 Å². The zero-order chi connectivity index (χ0) is 16.5. The molecule has 4 rings (SSSR count). The molecule has 2 aliphatic rings. The summed E-state index contributed by atoms with van der Waals surface area (Å²) in [6, 6.07) is 1.91. The second-order valence-electron chi connectivity index (χ2n) is 6.67. The Labute approximate surface area is 140 Å². The minimum Gasteiger partial charge on any atom is -0.376 e. The fourth-order valence-corrected chi connectivity index (χ4v) is 3.37. The van der Waals surface area contributed by atoms with Crippen LogP contribution in [0.15, 0.2) is 23.3 Å². The van der Waals surface area contributed by atoms with Crippen LogP contribution in [0.4, 0.5) is 5.95 Å². The number of pyridine rings is 1. The first-order valence-electron chi connectivity index (χ1n) is 8.62. The number of aromatic nitrogens is 3. The first-order valence-corrected chi connectivity index (χ1v) is 8.62. The van der Waals surface area contributed by atoms with Crippen molar-refractivity contribution in [1.82, 2.24) is 19.4 Å². The van der Waals surface area contributed by atoms with Crippen LogP contribution in [0.2, 0.25) is 0 Å². The molecule has 2 fully saturated rings. The van der Waals surface area contributed by atoms with Crippen LogP contribution in [0, 0.1) is 0 Å². The number of anilines is 1. The van der Waals surface area contributed by atoms with Gasteiger partial charge in [-0.2, -0.15) is 0 Å². The van der Waals surface area contributed by atoms with Crippen molar-refractivity contribution in [2.24, 2.45) is 0 Å². The normalized spacial score (nSPS) is 22.4. The third-order valence-corrected chi connectivity index (χ3v) is 4.92. The summed E-state index contributed by atoms with van der Waals surface area (Å²) in [7, 11) is 2.12. The average Bonchev–Trinajstić information content (AvgIpc) is 3.11. The van der Waals surface area contributed by atoms with E-state index in [2.05, 4.69) is 26.8 Å². The van der Waals surface area contributed by atoms with Crippen LogP contribution < -0.4 is 10.5 Å². The first-order chi connectivity index (χ1) is 11.7. The summed E-state index contributed by atoms with van der Waals surface area (Å²) in [4.78, 5) is 26.2. The lowest BCUT2D eigenvalue weighted by molar-refractivity contribution is 0.0963. The zero-order valence-corrected chi connectivity index (χ0v) is 14.0. The standard InChI is InChI=1S/C17H23N5O2/c1-20-6-8-21(9-7-20)17-18-11-14-15(19-17)4-5-22(16(14)23)12-13-3-2-10-24-13/h4-5,11,13H,2-3,6-10,12H2,1H3. The lowest BCUT2D eigenvalue weighted by Crippen LogP contribution is -2.45.